The van der Waals surface area contributed by atoms with Crippen LogP contribution < -0.4 is 4.72 Å². The molecule has 3 aromatic rings. The van der Waals surface area contributed by atoms with Crippen molar-refractivity contribution in [1.82, 2.24) is 0 Å². The molecule has 25 heavy (non-hydrogen) atoms. The highest BCUT2D eigenvalue weighted by atomic mass is 35.5. The minimum absolute atomic E-state index is 0.151. The third-order valence-corrected chi connectivity index (χ3v) is 5.44. The first-order valence-electron chi connectivity index (χ1n) is 7.57. The van der Waals surface area contributed by atoms with Crippen molar-refractivity contribution in [2.24, 2.45) is 0 Å². The molecule has 0 saturated carbocycles. The molecular weight excluding hydrogens is 358 g/mol. The second kappa shape index (κ2) is 7.27. The third kappa shape index (κ3) is 4.02. The number of hydrogen-bond acceptors (Lipinski definition) is 3. The third-order valence-electron chi connectivity index (χ3n) is 3.71. The number of anilines is 1. The average molecular weight is 374 g/mol. The van der Waals surface area contributed by atoms with Gasteiger partial charge in [-0.15, -0.1) is 0 Å². The number of benzene rings is 3. The highest BCUT2D eigenvalue weighted by molar-refractivity contribution is 7.92. The molecule has 0 spiro atoms. The molecule has 0 radical (unpaired) electrons. The van der Waals surface area contributed by atoms with Gasteiger partial charge in [0.05, 0.1) is 11.5 Å². The fraction of sp³-hybridized carbons (Fsp3) is 0.0526. The second-order valence-electron chi connectivity index (χ2n) is 5.47. The Morgan fingerprint density at radius 2 is 1.64 bits per heavy atom. The first kappa shape index (κ1) is 17.5. The van der Waals surface area contributed by atoms with E-state index in [1.165, 1.54) is 12.1 Å². The van der Waals surface area contributed by atoms with E-state index in [0.29, 0.717) is 16.3 Å². The van der Waals surface area contributed by atoms with Crippen molar-refractivity contribution in [3.63, 3.8) is 0 Å². The molecule has 0 heterocycles. The van der Waals surface area contributed by atoms with Crippen molar-refractivity contribution in [3.8, 4) is 11.1 Å². The zero-order valence-electron chi connectivity index (χ0n) is 13.2. The summed E-state index contributed by atoms with van der Waals surface area (Å²) < 4.78 is 27.5. The summed E-state index contributed by atoms with van der Waals surface area (Å²) >= 11 is 6.17. The molecular formula is C19H16ClNO3S. The first-order valence-corrected chi connectivity index (χ1v) is 9.43. The summed E-state index contributed by atoms with van der Waals surface area (Å²) in [7, 11) is -3.71. The van der Waals surface area contributed by atoms with Crippen molar-refractivity contribution in [1.29, 1.82) is 0 Å². The van der Waals surface area contributed by atoms with E-state index in [9.17, 15) is 8.42 Å². The number of hydrogen-bond donors (Lipinski definition) is 2. The molecule has 0 atom stereocenters. The fourth-order valence-corrected chi connectivity index (χ4v) is 3.75. The average Bonchev–Trinajstić information content (AvgIpc) is 2.62. The van der Waals surface area contributed by atoms with Gasteiger partial charge in [-0.3, -0.25) is 4.72 Å². The summed E-state index contributed by atoms with van der Waals surface area (Å²) in [5.74, 6) is 0. The van der Waals surface area contributed by atoms with Crippen LogP contribution in [0.2, 0.25) is 5.02 Å². The SMILES string of the molecule is O=S(=O)(Nc1cccc(CO)c1)c1ccc(-c2ccccc2Cl)cc1. The van der Waals surface area contributed by atoms with E-state index in [1.807, 2.05) is 18.2 Å². The van der Waals surface area contributed by atoms with E-state index in [1.54, 1.807) is 42.5 Å². The van der Waals surface area contributed by atoms with Crippen LogP contribution in [-0.4, -0.2) is 13.5 Å². The summed E-state index contributed by atoms with van der Waals surface area (Å²) in [5.41, 5.74) is 2.72. The first-order chi connectivity index (χ1) is 12.0. The van der Waals surface area contributed by atoms with Crippen LogP contribution in [0.25, 0.3) is 11.1 Å². The minimum atomic E-state index is -3.71. The topological polar surface area (TPSA) is 66.4 Å². The molecule has 0 aliphatic rings. The van der Waals surface area contributed by atoms with Gasteiger partial charge in [0.2, 0.25) is 0 Å². The van der Waals surface area contributed by atoms with Gasteiger partial charge in [0, 0.05) is 16.3 Å². The van der Waals surface area contributed by atoms with Crippen LogP contribution >= 0.6 is 11.6 Å². The van der Waals surface area contributed by atoms with Crippen LogP contribution in [0.3, 0.4) is 0 Å². The largest absolute Gasteiger partial charge is 0.392 e. The van der Waals surface area contributed by atoms with Crippen LogP contribution in [-0.2, 0) is 16.6 Å². The van der Waals surface area contributed by atoms with Gasteiger partial charge in [-0.25, -0.2) is 8.42 Å². The molecule has 0 aliphatic carbocycles. The van der Waals surface area contributed by atoms with Gasteiger partial charge in [-0.05, 0) is 41.5 Å². The predicted octanol–water partition coefficient (Wildman–Crippen LogP) is 4.30. The highest BCUT2D eigenvalue weighted by Crippen LogP contribution is 2.28. The molecule has 3 aromatic carbocycles. The van der Waals surface area contributed by atoms with E-state index in [0.717, 1.165) is 11.1 Å². The number of rotatable bonds is 5. The van der Waals surface area contributed by atoms with Crippen molar-refractivity contribution in [2.45, 2.75) is 11.5 Å². The molecule has 0 fully saturated rings. The highest BCUT2D eigenvalue weighted by Gasteiger charge is 2.14. The molecule has 0 saturated heterocycles. The molecule has 6 heteroatoms. The Morgan fingerprint density at radius 1 is 0.920 bits per heavy atom. The summed E-state index contributed by atoms with van der Waals surface area (Å²) in [6.45, 7) is -0.151. The van der Waals surface area contributed by atoms with Gasteiger partial charge >= 0.3 is 0 Å². The number of aliphatic hydroxyl groups is 1. The molecule has 0 aromatic heterocycles. The van der Waals surface area contributed by atoms with Gasteiger partial charge < -0.3 is 5.11 Å². The smallest absolute Gasteiger partial charge is 0.261 e. The normalized spacial score (nSPS) is 11.3. The summed E-state index contributed by atoms with van der Waals surface area (Å²) in [6, 6.07) is 20.5. The van der Waals surface area contributed by atoms with Gasteiger partial charge in [0.25, 0.3) is 10.0 Å². The summed E-state index contributed by atoms with van der Waals surface area (Å²) in [4.78, 5) is 0.151. The van der Waals surface area contributed by atoms with Crippen molar-refractivity contribution >= 4 is 27.3 Å². The number of halogens is 1. The summed E-state index contributed by atoms with van der Waals surface area (Å²) in [6.07, 6.45) is 0. The molecule has 0 unspecified atom stereocenters. The van der Waals surface area contributed by atoms with E-state index in [2.05, 4.69) is 4.72 Å². The number of aliphatic hydroxyl groups excluding tert-OH is 1. The Balaban J connectivity index is 1.87. The van der Waals surface area contributed by atoms with Crippen LogP contribution in [0.15, 0.2) is 77.7 Å². The Hall–Kier alpha value is -2.34. The lowest BCUT2D eigenvalue weighted by Gasteiger charge is -2.10. The van der Waals surface area contributed by atoms with E-state index >= 15 is 0 Å². The van der Waals surface area contributed by atoms with Crippen LogP contribution in [0.5, 0.6) is 0 Å². The second-order valence-corrected chi connectivity index (χ2v) is 7.56. The van der Waals surface area contributed by atoms with Crippen molar-refractivity contribution in [3.05, 3.63) is 83.4 Å². The van der Waals surface area contributed by atoms with Crippen molar-refractivity contribution < 1.29 is 13.5 Å². The molecule has 4 nitrogen and oxygen atoms in total. The van der Waals surface area contributed by atoms with Gasteiger partial charge in [-0.2, -0.15) is 0 Å². The molecule has 2 N–H and O–H groups in total. The Kier molecular flexibility index (Phi) is 5.08. The van der Waals surface area contributed by atoms with Crippen LogP contribution in [0, 0.1) is 0 Å². The summed E-state index contributed by atoms with van der Waals surface area (Å²) in [5, 5.41) is 9.76. The molecule has 128 valence electrons. The van der Waals surface area contributed by atoms with Gasteiger partial charge in [-0.1, -0.05) is 54.1 Å². The van der Waals surface area contributed by atoms with Crippen LogP contribution in [0.1, 0.15) is 5.56 Å². The van der Waals surface area contributed by atoms with E-state index < -0.39 is 10.0 Å². The molecule has 0 amide bonds. The molecule has 0 bridgehead atoms. The lowest BCUT2D eigenvalue weighted by Crippen LogP contribution is -2.13. The maximum atomic E-state index is 12.5. The monoisotopic (exact) mass is 373 g/mol. The Morgan fingerprint density at radius 3 is 2.32 bits per heavy atom. The van der Waals surface area contributed by atoms with E-state index in [-0.39, 0.29) is 11.5 Å². The Bertz CT molecular complexity index is 986. The lowest BCUT2D eigenvalue weighted by atomic mass is 10.1. The lowest BCUT2D eigenvalue weighted by molar-refractivity contribution is 0.282. The van der Waals surface area contributed by atoms with Gasteiger partial charge in [0.1, 0.15) is 0 Å². The maximum Gasteiger partial charge on any atom is 0.261 e. The zero-order chi connectivity index (χ0) is 17.9. The Labute approximate surface area is 151 Å². The number of sulfonamides is 1. The minimum Gasteiger partial charge on any atom is -0.392 e. The van der Waals surface area contributed by atoms with Crippen LogP contribution in [0.4, 0.5) is 5.69 Å². The van der Waals surface area contributed by atoms with Crippen molar-refractivity contribution in [2.75, 3.05) is 4.72 Å². The molecule has 3 rings (SSSR count). The quantitative estimate of drug-likeness (QED) is 0.700. The fourth-order valence-electron chi connectivity index (χ4n) is 2.46. The van der Waals surface area contributed by atoms with Gasteiger partial charge in [0.15, 0.2) is 0 Å². The maximum absolute atomic E-state index is 12.5. The predicted molar refractivity (Wildman–Crippen MR) is 100 cm³/mol. The zero-order valence-corrected chi connectivity index (χ0v) is 14.8. The standard InChI is InChI=1S/C19H16ClNO3S/c20-19-7-2-1-6-18(19)15-8-10-17(11-9-15)25(23,24)21-16-5-3-4-14(12-16)13-22/h1-12,21-22H,13H2. The number of nitrogens with one attached hydrogen (secondary N) is 1. The molecule has 0 aliphatic heterocycles. The van der Waals surface area contributed by atoms with E-state index in [4.69, 9.17) is 16.7 Å².